The van der Waals surface area contributed by atoms with Gasteiger partial charge in [0.25, 0.3) is 0 Å². The van der Waals surface area contributed by atoms with Gasteiger partial charge in [0.1, 0.15) is 12.2 Å². The van der Waals surface area contributed by atoms with Gasteiger partial charge in [-0.2, -0.15) is 0 Å². The molecule has 3 rings (SSSR count). The van der Waals surface area contributed by atoms with Gasteiger partial charge >= 0.3 is 0 Å². The topological polar surface area (TPSA) is 63.6 Å². The molecule has 0 fully saturated rings. The summed E-state index contributed by atoms with van der Waals surface area (Å²) >= 11 is 0. The molecule has 2 unspecified atom stereocenters. The smallest absolute Gasteiger partial charge is 0.195 e. The number of hydrogen-bond acceptors (Lipinski definition) is 4. The average Bonchev–Trinajstić information content (AvgIpc) is 2.68. The summed E-state index contributed by atoms with van der Waals surface area (Å²) in [5.74, 6) is -0.526. The van der Waals surface area contributed by atoms with Crippen LogP contribution >= 0.6 is 0 Å². The van der Waals surface area contributed by atoms with E-state index in [1.807, 2.05) is 60.7 Å². The molecule has 0 heterocycles. The molecule has 0 saturated carbocycles. The van der Waals surface area contributed by atoms with E-state index in [2.05, 4.69) is 0 Å². The van der Waals surface area contributed by atoms with Crippen molar-refractivity contribution in [3.8, 4) is 0 Å². The lowest BCUT2D eigenvalue weighted by atomic mass is 9.97. The SMILES string of the molecule is O=CC(OCc1ccccc1)C(O)C(=O)c1cccc2ccccc12. The monoisotopic (exact) mass is 334 g/mol. The first-order valence-corrected chi connectivity index (χ1v) is 8.01. The summed E-state index contributed by atoms with van der Waals surface area (Å²) in [5.41, 5.74) is 1.24. The third kappa shape index (κ3) is 3.82. The highest BCUT2D eigenvalue weighted by Crippen LogP contribution is 2.21. The highest BCUT2D eigenvalue weighted by molar-refractivity contribution is 6.10. The zero-order chi connectivity index (χ0) is 17.6. The molecule has 0 aliphatic heterocycles. The normalized spacial score (nSPS) is 13.3. The maximum Gasteiger partial charge on any atom is 0.195 e. The first kappa shape index (κ1) is 17.0. The number of hydrogen-bond donors (Lipinski definition) is 1. The fraction of sp³-hybridized carbons (Fsp3) is 0.143. The molecule has 25 heavy (non-hydrogen) atoms. The van der Waals surface area contributed by atoms with Crippen molar-refractivity contribution in [1.82, 2.24) is 0 Å². The molecule has 0 spiro atoms. The lowest BCUT2D eigenvalue weighted by Crippen LogP contribution is -2.37. The molecule has 0 aliphatic rings. The van der Waals surface area contributed by atoms with Crippen LogP contribution in [0.1, 0.15) is 15.9 Å². The van der Waals surface area contributed by atoms with Crippen LogP contribution in [0.25, 0.3) is 10.8 Å². The van der Waals surface area contributed by atoms with Crippen molar-refractivity contribution in [1.29, 1.82) is 0 Å². The van der Waals surface area contributed by atoms with Crippen LogP contribution in [0.2, 0.25) is 0 Å². The van der Waals surface area contributed by atoms with Crippen LogP contribution in [0.3, 0.4) is 0 Å². The second kappa shape index (κ2) is 7.83. The molecule has 3 aromatic rings. The quantitative estimate of drug-likeness (QED) is 0.532. The molecule has 0 saturated heterocycles. The van der Waals surface area contributed by atoms with Crippen LogP contribution in [0.15, 0.2) is 72.8 Å². The highest BCUT2D eigenvalue weighted by Gasteiger charge is 2.28. The van der Waals surface area contributed by atoms with Gasteiger partial charge in [0.05, 0.1) is 6.61 Å². The summed E-state index contributed by atoms with van der Waals surface area (Å²) in [7, 11) is 0. The van der Waals surface area contributed by atoms with Gasteiger partial charge in [-0.1, -0.05) is 72.8 Å². The number of rotatable bonds is 7. The first-order valence-electron chi connectivity index (χ1n) is 8.01. The standard InChI is InChI=1S/C21H18O4/c22-13-19(25-14-15-7-2-1-3-8-15)21(24)20(23)18-12-6-10-16-9-4-5-11-17(16)18/h1-13,19,21,24H,14H2. The van der Waals surface area contributed by atoms with Crippen LogP contribution in [0.4, 0.5) is 0 Å². The number of carbonyl (C=O) groups excluding carboxylic acids is 2. The molecule has 2 atom stereocenters. The van der Waals surface area contributed by atoms with Crippen molar-refractivity contribution in [2.24, 2.45) is 0 Å². The zero-order valence-corrected chi connectivity index (χ0v) is 13.5. The molecule has 4 nitrogen and oxygen atoms in total. The van der Waals surface area contributed by atoms with E-state index < -0.39 is 18.0 Å². The number of Topliss-reactive ketones (excluding diaryl/α,β-unsaturated/α-hetero) is 1. The van der Waals surface area contributed by atoms with Gasteiger partial charge in [0.2, 0.25) is 0 Å². The fourth-order valence-electron chi connectivity index (χ4n) is 2.72. The molecule has 3 aromatic carbocycles. The number of ketones is 1. The van der Waals surface area contributed by atoms with Gasteiger partial charge in [-0.05, 0) is 16.3 Å². The van der Waals surface area contributed by atoms with Crippen LogP contribution in [-0.4, -0.2) is 29.4 Å². The van der Waals surface area contributed by atoms with Gasteiger partial charge in [-0.3, -0.25) is 4.79 Å². The van der Waals surface area contributed by atoms with Gasteiger partial charge in [0.15, 0.2) is 12.1 Å². The second-order valence-electron chi connectivity index (χ2n) is 5.73. The minimum absolute atomic E-state index is 0.143. The molecular formula is C21H18O4. The average molecular weight is 334 g/mol. The summed E-state index contributed by atoms with van der Waals surface area (Å²) in [4.78, 5) is 24.0. The molecule has 0 amide bonds. The minimum atomic E-state index is -1.55. The molecule has 126 valence electrons. The van der Waals surface area contributed by atoms with E-state index in [1.165, 1.54) is 0 Å². The van der Waals surface area contributed by atoms with E-state index in [0.717, 1.165) is 16.3 Å². The van der Waals surface area contributed by atoms with Crippen molar-refractivity contribution in [3.05, 3.63) is 83.9 Å². The van der Waals surface area contributed by atoms with Gasteiger partial charge < -0.3 is 14.6 Å². The second-order valence-corrected chi connectivity index (χ2v) is 5.73. The van der Waals surface area contributed by atoms with Crippen molar-refractivity contribution in [3.63, 3.8) is 0 Å². The Labute approximate surface area is 145 Å². The Morgan fingerprint density at radius 1 is 0.960 bits per heavy atom. The third-order valence-electron chi connectivity index (χ3n) is 4.05. The Morgan fingerprint density at radius 2 is 1.64 bits per heavy atom. The van der Waals surface area contributed by atoms with Crippen LogP contribution in [0.5, 0.6) is 0 Å². The molecule has 0 bridgehead atoms. The number of benzene rings is 3. The Hall–Kier alpha value is -2.82. The maximum absolute atomic E-state index is 12.7. The number of aliphatic hydroxyl groups excluding tert-OH is 1. The number of aliphatic hydroxyl groups is 1. The lowest BCUT2D eigenvalue weighted by molar-refractivity contribution is -0.124. The van der Waals surface area contributed by atoms with Crippen LogP contribution in [0, 0.1) is 0 Å². The lowest BCUT2D eigenvalue weighted by Gasteiger charge is -2.18. The van der Waals surface area contributed by atoms with Crippen molar-refractivity contribution in [2.45, 2.75) is 18.8 Å². The van der Waals surface area contributed by atoms with E-state index in [9.17, 15) is 14.7 Å². The molecule has 4 heteroatoms. The molecule has 1 N–H and O–H groups in total. The fourth-order valence-corrected chi connectivity index (χ4v) is 2.72. The summed E-state index contributed by atoms with van der Waals surface area (Å²) in [6.07, 6.45) is -2.30. The van der Waals surface area contributed by atoms with Gasteiger partial charge in [-0.15, -0.1) is 0 Å². The molecule has 0 aromatic heterocycles. The number of fused-ring (bicyclic) bond motifs is 1. The van der Waals surface area contributed by atoms with Crippen LogP contribution in [-0.2, 0) is 16.1 Å². The van der Waals surface area contributed by atoms with Crippen LogP contribution < -0.4 is 0 Å². The Balaban J connectivity index is 1.78. The largest absolute Gasteiger partial charge is 0.382 e. The summed E-state index contributed by atoms with van der Waals surface area (Å²) in [5, 5.41) is 12.0. The molecule has 0 aliphatic carbocycles. The maximum atomic E-state index is 12.7. The van der Waals surface area contributed by atoms with E-state index in [0.29, 0.717) is 11.8 Å². The Kier molecular flexibility index (Phi) is 5.33. The van der Waals surface area contributed by atoms with E-state index in [1.54, 1.807) is 12.1 Å². The summed E-state index contributed by atoms with van der Waals surface area (Å²) < 4.78 is 5.45. The van der Waals surface area contributed by atoms with Crippen molar-refractivity contribution < 1.29 is 19.4 Å². The van der Waals surface area contributed by atoms with E-state index in [4.69, 9.17) is 4.74 Å². The number of carbonyl (C=O) groups is 2. The van der Waals surface area contributed by atoms with Crippen molar-refractivity contribution >= 4 is 22.8 Å². The predicted molar refractivity (Wildman–Crippen MR) is 95.4 cm³/mol. The van der Waals surface area contributed by atoms with E-state index in [-0.39, 0.29) is 6.61 Å². The summed E-state index contributed by atoms with van der Waals surface area (Å²) in [6.45, 7) is 0.143. The summed E-state index contributed by atoms with van der Waals surface area (Å²) in [6, 6.07) is 22.0. The Bertz CT molecular complexity index is 868. The third-order valence-corrected chi connectivity index (χ3v) is 4.05. The minimum Gasteiger partial charge on any atom is -0.382 e. The van der Waals surface area contributed by atoms with E-state index >= 15 is 0 Å². The number of aldehydes is 1. The molecular weight excluding hydrogens is 316 g/mol. The molecule has 0 radical (unpaired) electrons. The Morgan fingerprint density at radius 3 is 2.40 bits per heavy atom. The predicted octanol–water partition coefficient (Wildman–Crippen LogP) is 3.17. The van der Waals surface area contributed by atoms with Gasteiger partial charge in [-0.25, -0.2) is 0 Å². The zero-order valence-electron chi connectivity index (χ0n) is 13.5. The van der Waals surface area contributed by atoms with Gasteiger partial charge in [0, 0.05) is 5.56 Å². The highest BCUT2D eigenvalue weighted by atomic mass is 16.5. The number of ether oxygens (including phenoxy) is 1. The first-order chi connectivity index (χ1) is 12.2. The van der Waals surface area contributed by atoms with Crippen molar-refractivity contribution in [2.75, 3.05) is 0 Å².